The second kappa shape index (κ2) is 9.86. The number of rotatable bonds is 8. The number of anilines is 1. The number of aromatic nitrogens is 1. The maximum absolute atomic E-state index is 12.7. The van der Waals surface area contributed by atoms with Crippen molar-refractivity contribution >= 4 is 63.5 Å². The molecule has 1 aromatic heterocycles. The van der Waals surface area contributed by atoms with Crippen LogP contribution in [0, 0.1) is 11.3 Å². The van der Waals surface area contributed by atoms with E-state index in [4.69, 9.17) is 15.8 Å². The lowest BCUT2D eigenvalue weighted by molar-refractivity contribution is -0.150. The Kier molecular flexibility index (Phi) is 7.21. The zero-order valence-electron chi connectivity index (χ0n) is 16.0. The monoisotopic (exact) mass is 480 g/mol. The van der Waals surface area contributed by atoms with Crippen molar-refractivity contribution in [2.45, 2.75) is 11.4 Å². The summed E-state index contributed by atoms with van der Waals surface area (Å²) in [6.07, 6.45) is 1.29. The Labute approximate surface area is 189 Å². The van der Waals surface area contributed by atoms with E-state index in [1.54, 1.807) is 5.41 Å². The molecule has 4 N–H and O–H groups in total. The molecular formula is C17H16N6O5S3. The number of nitrogens with one attached hydrogen (secondary N) is 1. The molecule has 0 saturated carbocycles. The van der Waals surface area contributed by atoms with E-state index >= 15 is 0 Å². The second-order valence-corrected chi connectivity index (χ2v) is 8.94. The van der Waals surface area contributed by atoms with Crippen molar-refractivity contribution in [1.29, 1.82) is 5.26 Å². The molecule has 1 aromatic rings. The number of carbonyl (C=O) groups excluding carboxylic acids is 2. The lowest BCUT2D eigenvalue weighted by Crippen LogP contribution is -2.71. The van der Waals surface area contributed by atoms with Gasteiger partial charge in [-0.2, -0.15) is 5.26 Å². The van der Waals surface area contributed by atoms with E-state index in [0.717, 1.165) is 11.3 Å². The van der Waals surface area contributed by atoms with Gasteiger partial charge in [-0.3, -0.25) is 14.5 Å². The minimum Gasteiger partial charge on any atom is -0.477 e. The highest BCUT2D eigenvalue weighted by Crippen LogP contribution is 2.41. The molecule has 2 amide bonds. The van der Waals surface area contributed by atoms with E-state index < -0.39 is 29.2 Å². The van der Waals surface area contributed by atoms with Crippen LogP contribution in [0.3, 0.4) is 0 Å². The number of thiazole rings is 1. The summed E-state index contributed by atoms with van der Waals surface area (Å²) in [6.45, 7) is 0. The van der Waals surface area contributed by atoms with Gasteiger partial charge in [0.05, 0.1) is 6.07 Å². The van der Waals surface area contributed by atoms with Gasteiger partial charge in [0.1, 0.15) is 29.9 Å². The number of nitrogens with two attached hydrogens (primary N) is 1. The highest BCUT2D eigenvalue weighted by atomic mass is 32.2. The van der Waals surface area contributed by atoms with Crippen LogP contribution in [0.4, 0.5) is 5.13 Å². The van der Waals surface area contributed by atoms with E-state index in [2.05, 4.69) is 15.5 Å². The number of hydrogen-bond acceptors (Lipinski definition) is 11. The Morgan fingerprint density at radius 2 is 2.39 bits per heavy atom. The third-order valence-electron chi connectivity index (χ3n) is 4.19. The van der Waals surface area contributed by atoms with Crippen LogP contribution in [-0.2, 0) is 19.2 Å². The molecule has 0 aromatic carbocycles. The highest BCUT2D eigenvalue weighted by Gasteiger charge is 2.54. The van der Waals surface area contributed by atoms with Gasteiger partial charge in [-0.15, -0.1) is 34.9 Å². The van der Waals surface area contributed by atoms with E-state index in [-0.39, 0.29) is 22.2 Å². The Morgan fingerprint density at radius 1 is 1.61 bits per heavy atom. The molecule has 2 aliphatic rings. The lowest BCUT2D eigenvalue weighted by atomic mass is 10.0. The molecular weight excluding hydrogens is 464 g/mol. The molecule has 2 atom stereocenters. The summed E-state index contributed by atoms with van der Waals surface area (Å²) in [7, 11) is 1.27. The number of hydrogen-bond donors (Lipinski definition) is 3. The molecule has 0 spiro atoms. The summed E-state index contributed by atoms with van der Waals surface area (Å²) in [5.41, 5.74) is 6.15. The molecule has 1 unspecified atom stereocenters. The third-order valence-corrected chi connectivity index (χ3v) is 7.05. The highest BCUT2D eigenvalue weighted by molar-refractivity contribution is 8.02. The minimum atomic E-state index is -1.22. The van der Waals surface area contributed by atoms with Gasteiger partial charge in [-0.25, -0.2) is 9.78 Å². The number of nitriles is 1. The minimum absolute atomic E-state index is 0.0878. The molecule has 1 fully saturated rings. The SMILES string of the molecule is CON=C(C(=O)NC1C(=O)N2C(C(=O)O)=C(CS/C=C/C#N)CS[C@@H]12)c1csc(N)n1. The summed E-state index contributed by atoms with van der Waals surface area (Å²) >= 11 is 3.73. The second-order valence-electron chi connectivity index (χ2n) is 6.05. The predicted octanol–water partition coefficient (Wildman–Crippen LogP) is 0.585. The molecule has 1 saturated heterocycles. The number of carboxylic acid groups (broad SMARTS) is 1. The van der Waals surface area contributed by atoms with Gasteiger partial charge < -0.3 is 21.0 Å². The number of allylic oxidation sites excluding steroid dienone is 1. The molecule has 162 valence electrons. The number of amides is 2. The number of nitrogens with zero attached hydrogens (tertiary/aromatic N) is 4. The molecule has 3 heterocycles. The number of fused-ring (bicyclic) bond motifs is 1. The number of carboxylic acids is 1. The standard InChI is InChI=1S/C17H16N6O5S3/c1-28-22-10(9-7-31-17(19)20-9)13(24)21-11-14(25)23-12(16(26)27)8(6-30-15(11)23)5-29-4-2-3-18/h2,4,7,11,15H,5-6H2,1H3,(H2,19,20)(H,21,24)(H,26,27)/b4-2+,22-10?/t11?,15-/m0/s1. The van der Waals surface area contributed by atoms with Crippen molar-refractivity contribution in [2.24, 2.45) is 5.16 Å². The largest absolute Gasteiger partial charge is 0.477 e. The van der Waals surface area contributed by atoms with Crippen molar-refractivity contribution < 1.29 is 24.3 Å². The summed E-state index contributed by atoms with van der Waals surface area (Å²) in [6, 6.07) is 0.937. The molecule has 11 nitrogen and oxygen atoms in total. The quantitative estimate of drug-likeness (QED) is 0.207. The van der Waals surface area contributed by atoms with Gasteiger partial charge in [0.2, 0.25) is 0 Å². The van der Waals surface area contributed by atoms with Crippen LogP contribution in [0.1, 0.15) is 5.69 Å². The number of aliphatic carboxylic acids is 1. The molecule has 2 aliphatic heterocycles. The topological polar surface area (TPSA) is 171 Å². The van der Waals surface area contributed by atoms with E-state index in [9.17, 15) is 19.5 Å². The smallest absolute Gasteiger partial charge is 0.352 e. The van der Waals surface area contributed by atoms with Gasteiger partial charge in [0, 0.05) is 23.0 Å². The normalized spacial score (nSPS) is 20.8. The molecule has 14 heteroatoms. The number of carbonyl (C=O) groups is 3. The first-order chi connectivity index (χ1) is 14.9. The van der Waals surface area contributed by atoms with E-state index in [1.165, 1.54) is 47.0 Å². The van der Waals surface area contributed by atoms with Gasteiger partial charge in [0.15, 0.2) is 10.8 Å². The van der Waals surface area contributed by atoms with Crippen LogP contribution < -0.4 is 11.1 Å². The van der Waals surface area contributed by atoms with Crippen molar-refractivity contribution in [1.82, 2.24) is 15.2 Å². The lowest BCUT2D eigenvalue weighted by Gasteiger charge is -2.49. The fourth-order valence-corrected chi connectivity index (χ4v) is 5.64. The fourth-order valence-electron chi connectivity index (χ4n) is 2.92. The van der Waals surface area contributed by atoms with Crippen molar-refractivity contribution in [3.63, 3.8) is 0 Å². The van der Waals surface area contributed by atoms with E-state index in [1.807, 2.05) is 6.07 Å². The fraction of sp³-hybridized carbons (Fsp3) is 0.294. The average molecular weight is 481 g/mol. The van der Waals surface area contributed by atoms with Crippen molar-refractivity contribution in [3.8, 4) is 6.07 Å². The number of nitrogen functional groups attached to an aromatic ring is 1. The number of β-lactam (4-membered cyclic amide) rings is 1. The van der Waals surface area contributed by atoms with Crippen molar-refractivity contribution in [2.75, 3.05) is 24.3 Å². The first-order valence-electron chi connectivity index (χ1n) is 8.58. The molecule has 0 radical (unpaired) electrons. The maximum Gasteiger partial charge on any atom is 0.352 e. The molecule has 3 rings (SSSR count). The van der Waals surface area contributed by atoms with Crippen LogP contribution in [0.5, 0.6) is 0 Å². The van der Waals surface area contributed by atoms with Crippen molar-refractivity contribution in [3.05, 3.63) is 33.8 Å². The zero-order valence-corrected chi connectivity index (χ0v) is 18.4. The molecule has 0 bridgehead atoms. The van der Waals surface area contributed by atoms with E-state index in [0.29, 0.717) is 17.1 Å². The van der Waals surface area contributed by atoms with Crippen LogP contribution >= 0.6 is 34.9 Å². The summed E-state index contributed by atoms with van der Waals surface area (Å²) in [4.78, 5) is 47.1. The molecule has 0 aliphatic carbocycles. The molecule has 31 heavy (non-hydrogen) atoms. The van der Waals surface area contributed by atoms with Crippen LogP contribution in [-0.4, -0.2) is 68.5 Å². The van der Waals surface area contributed by atoms with Crippen LogP contribution in [0.15, 0.2) is 33.3 Å². The Bertz CT molecular complexity index is 1040. The van der Waals surface area contributed by atoms with Gasteiger partial charge in [0.25, 0.3) is 11.8 Å². The zero-order chi connectivity index (χ0) is 22.5. The Balaban J connectivity index is 1.75. The maximum atomic E-state index is 12.7. The summed E-state index contributed by atoms with van der Waals surface area (Å²) in [5, 5.41) is 27.2. The summed E-state index contributed by atoms with van der Waals surface area (Å²) in [5.74, 6) is -1.74. The van der Waals surface area contributed by atoms with Crippen LogP contribution in [0.25, 0.3) is 0 Å². The van der Waals surface area contributed by atoms with Crippen LogP contribution in [0.2, 0.25) is 0 Å². The third kappa shape index (κ3) is 4.68. The van der Waals surface area contributed by atoms with Gasteiger partial charge in [-0.1, -0.05) is 5.16 Å². The first-order valence-corrected chi connectivity index (χ1v) is 11.6. The van der Waals surface area contributed by atoms with Gasteiger partial charge >= 0.3 is 5.97 Å². The first kappa shape index (κ1) is 22.7. The van der Waals surface area contributed by atoms with Gasteiger partial charge in [-0.05, 0) is 11.0 Å². The Morgan fingerprint density at radius 3 is 3.00 bits per heavy atom. The number of oxime groups is 1. The average Bonchev–Trinajstić information content (AvgIpc) is 3.18. The predicted molar refractivity (Wildman–Crippen MR) is 117 cm³/mol. The number of thioether (sulfide) groups is 2. The Hall–Kier alpha value is -3.02. The summed E-state index contributed by atoms with van der Waals surface area (Å²) < 4.78 is 0.